The van der Waals surface area contributed by atoms with Gasteiger partial charge >= 0.3 is 11.9 Å². The van der Waals surface area contributed by atoms with Crippen LogP contribution in [0.3, 0.4) is 0 Å². The van der Waals surface area contributed by atoms with Crippen molar-refractivity contribution in [3.05, 3.63) is 38.9 Å². The number of rotatable bonds is 16. The van der Waals surface area contributed by atoms with Crippen LogP contribution in [0.5, 0.6) is 0 Å². The Labute approximate surface area is 183 Å². The molecule has 0 bridgehead atoms. The number of hydrogen-bond donors (Lipinski definition) is 0. The average Bonchev–Trinajstić information content (AvgIpc) is 2.70. The van der Waals surface area contributed by atoms with E-state index in [2.05, 4.69) is 6.92 Å². The highest BCUT2D eigenvalue weighted by atomic mass is 35.5. The zero-order valence-corrected chi connectivity index (χ0v) is 18.5. The number of nitrogens with zero attached hydrogens (tertiary/aromatic N) is 1. The number of halogens is 1. The fraction of sp³-hybridized carbons (Fsp3) is 0.636. The Balaban J connectivity index is 2.11. The summed E-state index contributed by atoms with van der Waals surface area (Å²) in [6.07, 6.45) is 9.92. The van der Waals surface area contributed by atoms with Crippen molar-refractivity contribution in [1.82, 2.24) is 0 Å². The summed E-state index contributed by atoms with van der Waals surface area (Å²) in [5.74, 6) is -0.851. The van der Waals surface area contributed by atoms with Crippen LogP contribution in [0.2, 0.25) is 5.02 Å². The molecule has 0 heterocycles. The molecule has 0 fully saturated rings. The third-order valence-electron chi connectivity index (χ3n) is 4.66. The molecule has 0 aliphatic carbocycles. The molecule has 8 heteroatoms. The molecule has 0 aromatic heterocycles. The molecule has 1 rings (SSSR count). The van der Waals surface area contributed by atoms with Gasteiger partial charge < -0.3 is 9.47 Å². The lowest BCUT2D eigenvalue weighted by atomic mass is 10.1. The maximum absolute atomic E-state index is 11.8. The average molecular weight is 442 g/mol. The zero-order valence-electron chi connectivity index (χ0n) is 17.7. The van der Waals surface area contributed by atoms with Crippen LogP contribution < -0.4 is 0 Å². The van der Waals surface area contributed by atoms with Crippen LogP contribution in [0, 0.1) is 10.1 Å². The number of carbonyl (C=O) groups excluding carboxylic acids is 2. The van der Waals surface area contributed by atoms with E-state index in [1.54, 1.807) is 6.07 Å². The van der Waals surface area contributed by atoms with E-state index in [1.807, 2.05) is 0 Å². The van der Waals surface area contributed by atoms with E-state index in [4.69, 9.17) is 21.1 Å². The number of unbranched alkanes of at least 4 members (excludes halogenated alkanes) is 7. The van der Waals surface area contributed by atoms with E-state index < -0.39 is 10.9 Å². The first-order chi connectivity index (χ1) is 14.5. The molecule has 30 heavy (non-hydrogen) atoms. The molecule has 0 radical (unpaired) electrons. The molecule has 0 saturated carbocycles. The van der Waals surface area contributed by atoms with E-state index in [0.29, 0.717) is 13.0 Å². The number of hydrogen-bond acceptors (Lipinski definition) is 6. The minimum absolute atomic E-state index is 0.00668. The molecule has 0 N–H and O–H groups in total. The topological polar surface area (TPSA) is 95.7 Å². The fourth-order valence-electron chi connectivity index (χ4n) is 2.98. The van der Waals surface area contributed by atoms with Crippen molar-refractivity contribution in [2.24, 2.45) is 0 Å². The van der Waals surface area contributed by atoms with E-state index in [1.165, 1.54) is 44.2 Å². The van der Waals surface area contributed by atoms with Gasteiger partial charge in [0.1, 0.15) is 11.6 Å². The minimum atomic E-state index is -0.603. The summed E-state index contributed by atoms with van der Waals surface area (Å²) < 4.78 is 10.2. The van der Waals surface area contributed by atoms with Gasteiger partial charge in [0, 0.05) is 12.8 Å². The van der Waals surface area contributed by atoms with Gasteiger partial charge in [0.25, 0.3) is 5.69 Å². The van der Waals surface area contributed by atoms with Gasteiger partial charge in [0.2, 0.25) is 0 Å². The number of esters is 2. The van der Waals surface area contributed by atoms with Crippen molar-refractivity contribution in [2.75, 3.05) is 6.61 Å². The van der Waals surface area contributed by atoms with Gasteiger partial charge in [0.15, 0.2) is 0 Å². The highest BCUT2D eigenvalue weighted by molar-refractivity contribution is 6.32. The second-order valence-electron chi connectivity index (χ2n) is 7.21. The van der Waals surface area contributed by atoms with Gasteiger partial charge in [-0.3, -0.25) is 19.7 Å². The third kappa shape index (κ3) is 11.1. The number of nitro benzene ring substituents is 1. The number of benzene rings is 1. The highest BCUT2D eigenvalue weighted by Crippen LogP contribution is 2.28. The number of ether oxygens (including phenoxy) is 2. The number of para-hydroxylation sites is 1. The Morgan fingerprint density at radius 3 is 2.17 bits per heavy atom. The van der Waals surface area contributed by atoms with Crippen molar-refractivity contribution in [3.8, 4) is 0 Å². The fourth-order valence-corrected chi connectivity index (χ4v) is 3.25. The summed E-state index contributed by atoms with van der Waals surface area (Å²) in [6.45, 7) is 2.38. The quantitative estimate of drug-likeness (QED) is 0.132. The molecule has 7 nitrogen and oxygen atoms in total. The maximum Gasteiger partial charge on any atom is 0.306 e. The summed E-state index contributed by atoms with van der Waals surface area (Å²) in [7, 11) is 0. The van der Waals surface area contributed by atoms with Crippen molar-refractivity contribution < 1.29 is 24.0 Å². The second kappa shape index (κ2) is 15.7. The second-order valence-corrected chi connectivity index (χ2v) is 7.62. The highest BCUT2D eigenvalue weighted by Gasteiger charge is 2.19. The third-order valence-corrected chi connectivity index (χ3v) is 4.97. The van der Waals surface area contributed by atoms with E-state index in [-0.39, 0.29) is 41.7 Å². The first-order valence-corrected chi connectivity index (χ1v) is 11.1. The molecule has 1 aromatic carbocycles. The lowest BCUT2D eigenvalue weighted by Crippen LogP contribution is -2.09. The van der Waals surface area contributed by atoms with Crippen LogP contribution in [-0.2, 0) is 25.7 Å². The summed E-state index contributed by atoms with van der Waals surface area (Å²) in [6, 6.07) is 4.45. The number of carbonyl (C=O) groups is 2. The van der Waals surface area contributed by atoms with Crippen molar-refractivity contribution >= 4 is 29.2 Å². The van der Waals surface area contributed by atoms with Crippen LogP contribution in [0.15, 0.2) is 18.2 Å². The van der Waals surface area contributed by atoms with Crippen LogP contribution in [0.4, 0.5) is 5.69 Å². The molecular formula is C22H32ClNO6. The molecular weight excluding hydrogens is 410 g/mol. The van der Waals surface area contributed by atoms with E-state index in [9.17, 15) is 19.7 Å². The van der Waals surface area contributed by atoms with Crippen LogP contribution >= 0.6 is 11.6 Å². The van der Waals surface area contributed by atoms with Gasteiger partial charge in [-0.1, -0.05) is 69.5 Å². The SMILES string of the molecule is CCCCCCCCCCOC(=O)CCCC(=O)OCc1cccc(Cl)c1[N+](=O)[O-]. The molecule has 0 saturated heterocycles. The molecule has 0 unspecified atom stereocenters. The van der Waals surface area contributed by atoms with Gasteiger partial charge in [-0.15, -0.1) is 0 Å². The molecule has 0 aliphatic heterocycles. The van der Waals surface area contributed by atoms with E-state index in [0.717, 1.165) is 19.3 Å². The Morgan fingerprint density at radius 1 is 0.933 bits per heavy atom. The summed E-state index contributed by atoms with van der Waals surface area (Å²) in [5, 5.41) is 11.1. The van der Waals surface area contributed by atoms with Gasteiger partial charge in [-0.05, 0) is 25.0 Å². The largest absolute Gasteiger partial charge is 0.466 e. The molecule has 0 atom stereocenters. The Bertz CT molecular complexity index is 680. The minimum Gasteiger partial charge on any atom is -0.466 e. The van der Waals surface area contributed by atoms with Gasteiger partial charge in [-0.2, -0.15) is 0 Å². The summed E-state index contributed by atoms with van der Waals surface area (Å²) >= 11 is 5.82. The van der Waals surface area contributed by atoms with Gasteiger partial charge in [0.05, 0.1) is 17.1 Å². The van der Waals surface area contributed by atoms with Crippen LogP contribution in [0.1, 0.15) is 83.1 Å². The smallest absolute Gasteiger partial charge is 0.306 e. The van der Waals surface area contributed by atoms with Crippen molar-refractivity contribution in [2.45, 2.75) is 84.2 Å². The number of nitro groups is 1. The van der Waals surface area contributed by atoms with Crippen LogP contribution in [0.25, 0.3) is 0 Å². The first kappa shape index (κ1) is 25.9. The Kier molecular flexibility index (Phi) is 13.5. The lowest BCUT2D eigenvalue weighted by molar-refractivity contribution is -0.385. The molecule has 1 aromatic rings. The monoisotopic (exact) mass is 441 g/mol. The predicted octanol–water partition coefficient (Wildman–Crippen LogP) is 6.15. The van der Waals surface area contributed by atoms with Gasteiger partial charge in [-0.25, -0.2) is 0 Å². The maximum atomic E-state index is 11.8. The van der Waals surface area contributed by atoms with Crippen LogP contribution in [-0.4, -0.2) is 23.5 Å². The Hall–Kier alpha value is -2.15. The molecule has 0 spiro atoms. The zero-order chi connectivity index (χ0) is 22.2. The van der Waals surface area contributed by atoms with Crippen molar-refractivity contribution in [3.63, 3.8) is 0 Å². The van der Waals surface area contributed by atoms with E-state index >= 15 is 0 Å². The molecule has 0 amide bonds. The summed E-state index contributed by atoms with van der Waals surface area (Å²) in [5.41, 5.74) is -0.0397. The normalized spacial score (nSPS) is 10.6. The first-order valence-electron chi connectivity index (χ1n) is 10.7. The summed E-state index contributed by atoms with van der Waals surface area (Å²) in [4.78, 5) is 34.0. The predicted molar refractivity (Wildman–Crippen MR) is 115 cm³/mol. The van der Waals surface area contributed by atoms with Crippen molar-refractivity contribution in [1.29, 1.82) is 0 Å². The molecule has 168 valence electrons. The standard InChI is InChI=1S/C22H32ClNO6/c1-2-3-4-5-6-7-8-9-16-29-20(25)14-11-15-21(26)30-17-18-12-10-13-19(23)22(18)24(27)28/h10,12-13H,2-9,11,14-17H2,1H3. The lowest BCUT2D eigenvalue weighted by Gasteiger charge is -2.07. The Morgan fingerprint density at radius 2 is 1.53 bits per heavy atom. The molecule has 0 aliphatic rings.